The molecule has 3 aromatic heterocycles. The zero-order chi connectivity index (χ0) is 14.8. The quantitative estimate of drug-likeness (QED) is 0.743. The predicted molar refractivity (Wildman–Crippen MR) is 81.8 cm³/mol. The SMILES string of the molecule is c1ccc(-c2ncc3c(n2)CN(Cc2ccco2)CC3)nc1. The lowest BCUT2D eigenvalue weighted by Crippen LogP contribution is -2.31. The van der Waals surface area contributed by atoms with Gasteiger partial charge in [0.05, 0.1) is 18.5 Å². The largest absolute Gasteiger partial charge is 0.468 e. The zero-order valence-corrected chi connectivity index (χ0v) is 12.1. The van der Waals surface area contributed by atoms with Gasteiger partial charge in [0.2, 0.25) is 0 Å². The fourth-order valence-electron chi connectivity index (χ4n) is 2.73. The van der Waals surface area contributed by atoms with Crippen LogP contribution >= 0.6 is 0 Å². The Hall–Kier alpha value is -2.53. The second kappa shape index (κ2) is 5.69. The summed E-state index contributed by atoms with van der Waals surface area (Å²) in [5, 5.41) is 0. The van der Waals surface area contributed by atoms with Gasteiger partial charge in [0.1, 0.15) is 11.5 Å². The first-order chi connectivity index (χ1) is 10.9. The van der Waals surface area contributed by atoms with E-state index in [9.17, 15) is 0 Å². The first kappa shape index (κ1) is 13.2. The molecule has 5 nitrogen and oxygen atoms in total. The summed E-state index contributed by atoms with van der Waals surface area (Å²) in [4.78, 5) is 15.8. The third-order valence-corrected chi connectivity index (χ3v) is 3.88. The van der Waals surface area contributed by atoms with Crippen molar-refractivity contribution in [3.63, 3.8) is 0 Å². The van der Waals surface area contributed by atoms with E-state index in [0.29, 0.717) is 5.82 Å². The van der Waals surface area contributed by atoms with E-state index in [4.69, 9.17) is 9.40 Å². The molecule has 0 N–H and O–H groups in total. The van der Waals surface area contributed by atoms with Gasteiger partial charge in [-0.2, -0.15) is 0 Å². The lowest BCUT2D eigenvalue weighted by molar-refractivity contribution is 0.222. The Morgan fingerprint density at radius 2 is 2.14 bits per heavy atom. The van der Waals surface area contributed by atoms with E-state index in [2.05, 4.69) is 14.9 Å². The van der Waals surface area contributed by atoms with Crippen LogP contribution in [-0.4, -0.2) is 26.4 Å². The summed E-state index contributed by atoms with van der Waals surface area (Å²) in [6.07, 6.45) is 6.39. The molecular formula is C17H16N4O. The topological polar surface area (TPSA) is 55.1 Å². The summed E-state index contributed by atoms with van der Waals surface area (Å²) < 4.78 is 5.43. The van der Waals surface area contributed by atoms with Crippen LogP contribution in [0.3, 0.4) is 0 Å². The fraction of sp³-hybridized carbons (Fsp3) is 0.235. The summed E-state index contributed by atoms with van der Waals surface area (Å²) in [5.74, 6) is 1.68. The van der Waals surface area contributed by atoms with Crippen molar-refractivity contribution in [2.45, 2.75) is 19.5 Å². The molecule has 110 valence electrons. The Morgan fingerprint density at radius 1 is 1.14 bits per heavy atom. The first-order valence-electron chi connectivity index (χ1n) is 7.39. The maximum absolute atomic E-state index is 5.43. The zero-order valence-electron chi connectivity index (χ0n) is 12.1. The molecule has 0 aliphatic carbocycles. The predicted octanol–water partition coefficient (Wildman–Crippen LogP) is 2.69. The number of aromatic nitrogens is 3. The Kier molecular flexibility index (Phi) is 3.40. The second-order valence-corrected chi connectivity index (χ2v) is 5.42. The number of furan rings is 1. The van der Waals surface area contributed by atoms with Gasteiger partial charge in [0.25, 0.3) is 0 Å². The molecule has 1 aliphatic rings. The van der Waals surface area contributed by atoms with Crippen LogP contribution in [0.1, 0.15) is 17.0 Å². The van der Waals surface area contributed by atoms with Crippen LogP contribution in [0.4, 0.5) is 0 Å². The van der Waals surface area contributed by atoms with Crippen molar-refractivity contribution in [2.75, 3.05) is 6.54 Å². The number of pyridine rings is 1. The minimum absolute atomic E-state index is 0.694. The third-order valence-electron chi connectivity index (χ3n) is 3.88. The molecule has 0 radical (unpaired) electrons. The number of hydrogen-bond acceptors (Lipinski definition) is 5. The second-order valence-electron chi connectivity index (χ2n) is 5.42. The van der Waals surface area contributed by atoms with Gasteiger partial charge < -0.3 is 4.42 Å². The van der Waals surface area contributed by atoms with Gasteiger partial charge in [-0.25, -0.2) is 9.97 Å². The number of fused-ring (bicyclic) bond motifs is 1. The minimum atomic E-state index is 0.694. The summed E-state index contributed by atoms with van der Waals surface area (Å²) in [6.45, 7) is 2.63. The molecule has 0 amide bonds. The summed E-state index contributed by atoms with van der Waals surface area (Å²) in [5.41, 5.74) is 3.14. The lowest BCUT2D eigenvalue weighted by atomic mass is 10.1. The Morgan fingerprint density at radius 3 is 2.95 bits per heavy atom. The molecule has 0 saturated carbocycles. The van der Waals surface area contributed by atoms with Crippen molar-refractivity contribution in [2.24, 2.45) is 0 Å². The molecule has 1 aliphatic heterocycles. The minimum Gasteiger partial charge on any atom is -0.468 e. The number of hydrogen-bond donors (Lipinski definition) is 0. The third kappa shape index (κ3) is 2.63. The van der Waals surface area contributed by atoms with Crippen molar-refractivity contribution in [3.05, 3.63) is 66.0 Å². The van der Waals surface area contributed by atoms with E-state index in [-0.39, 0.29) is 0 Å². The summed E-state index contributed by atoms with van der Waals surface area (Å²) in [6, 6.07) is 9.72. The highest BCUT2D eigenvalue weighted by Crippen LogP contribution is 2.21. The van der Waals surface area contributed by atoms with Gasteiger partial charge in [0, 0.05) is 25.5 Å². The standard InChI is InChI=1S/C17H16N4O/c1-2-7-18-15(5-1)17-19-10-13-6-8-21(12-16(13)20-17)11-14-4-3-9-22-14/h1-5,7,9-10H,6,8,11-12H2. The average Bonchev–Trinajstić information content (AvgIpc) is 3.08. The monoisotopic (exact) mass is 292 g/mol. The van der Waals surface area contributed by atoms with Crippen molar-refractivity contribution in [1.82, 2.24) is 19.9 Å². The van der Waals surface area contributed by atoms with Gasteiger partial charge in [0.15, 0.2) is 5.82 Å². The van der Waals surface area contributed by atoms with Gasteiger partial charge in [-0.3, -0.25) is 9.88 Å². The fourth-order valence-corrected chi connectivity index (χ4v) is 2.73. The van der Waals surface area contributed by atoms with Gasteiger partial charge in [-0.1, -0.05) is 6.07 Å². The smallest absolute Gasteiger partial charge is 0.178 e. The van der Waals surface area contributed by atoms with Crippen molar-refractivity contribution < 1.29 is 4.42 Å². The van der Waals surface area contributed by atoms with Crippen molar-refractivity contribution >= 4 is 0 Å². The molecule has 3 aromatic rings. The van der Waals surface area contributed by atoms with Crippen LogP contribution in [0.25, 0.3) is 11.5 Å². The molecule has 0 fully saturated rings. The number of nitrogens with zero attached hydrogens (tertiary/aromatic N) is 4. The van der Waals surface area contributed by atoms with Crippen LogP contribution in [0.15, 0.2) is 53.4 Å². The molecule has 0 atom stereocenters. The van der Waals surface area contributed by atoms with E-state index in [1.807, 2.05) is 36.5 Å². The summed E-state index contributed by atoms with van der Waals surface area (Å²) >= 11 is 0. The normalized spacial score (nSPS) is 14.7. The van der Waals surface area contributed by atoms with E-state index < -0.39 is 0 Å². The highest BCUT2D eigenvalue weighted by Gasteiger charge is 2.19. The van der Waals surface area contributed by atoms with E-state index in [0.717, 1.165) is 43.2 Å². The highest BCUT2D eigenvalue weighted by molar-refractivity contribution is 5.49. The maximum atomic E-state index is 5.43. The van der Waals surface area contributed by atoms with E-state index in [1.165, 1.54) is 5.56 Å². The Bertz CT molecular complexity index is 756. The first-order valence-corrected chi connectivity index (χ1v) is 7.39. The number of rotatable bonds is 3. The lowest BCUT2D eigenvalue weighted by Gasteiger charge is -2.27. The highest BCUT2D eigenvalue weighted by atomic mass is 16.3. The van der Waals surface area contributed by atoms with Crippen molar-refractivity contribution in [3.8, 4) is 11.5 Å². The molecule has 0 saturated heterocycles. The van der Waals surface area contributed by atoms with Gasteiger partial charge in [-0.15, -0.1) is 0 Å². The molecule has 5 heteroatoms. The van der Waals surface area contributed by atoms with Crippen LogP contribution < -0.4 is 0 Å². The van der Waals surface area contributed by atoms with Crippen LogP contribution in [0.5, 0.6) is 0 Å². The Balaban J connectivity index is 1.58. The van der Waals surface area contributed by atoms with Crippen LogP contribution in [0, 0.1) is 0 Å². The molecule has 4 heterocycles. The van der Waals surface area contributed by atoms with E-state index in [1.54, 1.807) is 12.5 Å². The molecule has 0 aromatic carbocycles. The molecule has 0 unspecified atom stereocenters. The Labute approximate surface area is 128 Å². The van der Waals surface area contributed by atoms with Crippen LogP contribution in [-0.2, 0) is 19.5 Å². The molecule has 0 spiro atoms. The van der Waals surface area contributed by atoms with Gasteiger partial charge >= 0.3 is 0 Å². The van der Waals surface area contributed by atoms with Gasteiger partial charge in [-0.05, 0) is 36.2 Å². The van der Waals surface area contributed by atoms with Crippen LogP contribution in [0.2, 0.25) is 0 Å². The molecule has 0 bridgehead atoms. The average molecular weight is 292 g/mol. The van der Waals surface area contributed by atoms with E-state index >= 15 is 0 Å². The summed E-state index contributed by atoms with van der Waals surface area (Å²) in [7, 11) is 0. The molecule has 4 rings (SSSR count). The maximum Gasteiger partial charge on any atom is 0.178 e. The molecular weight excluding hydrogens is 276 g/mol. The van der Waals surface area contributed by atoms with Crippen molar-refractivity contribution in [1.29, 1.82) is 0 Å². The molecule has 22 heavy (non-hydrogen) atoms.